The second kappa shape index (κ2) is 8.22. The quantitative estimate of drug-likeness (QED) is 0.653. The average molecular weight is 418 g/mol. The van der Waals surface area contributed by atoms with Crippen LogP contribution < -0.4 is 23.7 Å². The molecule has 8 nitrogen and oxygen atoms in total. The smallest absolute Gasteiger partial charge is 0.231 e. The van der Waals surface area contributed by atoms with Crippen molar-refractivity contribution in [1.29, 1.82) is 0 Å². The molecule has 1 aliphatic heterocycles. The highest BCUT2D eigenvalue weighted by Crippen LogP contribution is 2.53. The third-order valence-corrected chi connectivity index (χ3v) is 6.08. The van der Waals surface area contributed by atoms with Gasteiger partial charge in [0.05, 0.1) is 27.4 Å². The molecular weight excluding hydrogens is 392 g/mol. The molecule has 4 rings (SSSR count). The highest BCUT2D eigenvalue weighted by atomic mass is 16.7. The Hall–Kier alpha value is -2.68. The van der Waals surface area contributed by atoms with Crippen LogP contribution in [0.2, 0.25) is 0 Å². The topological polar surface area (TPSA) is 107 Å². The molecular formula is C22H26O8. The van der Waals surface area contributed by atoms with Gasteiger partial charge < -0.3 is 39.0 Å². The summed E-state index contributed by atoms with van der Waals surface area (Å²) < 4.78 is 27.5. The molecule has 3 N–H and O–H groups in total. The van der Waals surface area contributed by atoms with Crippen LogP contribution in [-0.2, 0) is 0 Å². The first kappa shape index (κ1) is 20.6. The normalized spacial score (nSPS) is 24.3. The zero-order valence-electron chi connectivity index (χ0n) is 17.1. The third-order valence-electron chi connectivity index (χ3n) is 6.08. The largest absolute Gasteiger partial charge is 0.493 e. The molecule has 0 saturated carbocycles. The van der Waals surface area contributed by atoms with Gasteiger partial charge in [-0.2, -0.15) is 0 Å². The van der Waals surface area contributed by atoms with E-state index >= 15 is 0 Å². The summed E-state index contributed by atoms with van der Waals surface area (Å²) in [6.45, 7) is -0.394. The van der Waals surface area contributed by atoms with Crippen molar-refractivity contribution >= 4 is 0 Å². The second-order valence-electron chi connectivity index (χ2n) is 7.41. The van der Waals surface area contributed by atoms with Crippen LogP contribution in [-0.4, -0.2) is 56.7 Å². The van der Waals surface area contributed by atoms with E-state index in [0.717, 1.165) is 11.1 Å². The summed E-state index contributed by atoms with van der Waals surface area (Å²) in [4.78, 5) is 0. The minimum absolute atomic E-state index is 0.107. The zero-order chi connectivity index (χ0) is 21.4. The lowest BCUT2D eigenvalue weighted by atomic mass is 9.65. The molecule has 0 bridgehead atoms. The number of methoxy groups -OCH3 is 3. The number of rotatable bonds is 6. The molecule has 0 fully saturated rings. The maximum absolute atomic E-state index is 11.0. The van der Waals surface area contributed by atoms with Gasteiger partial charge in [0.2, 0.25) is 12.5 Å². The summed E-state index contributed by atoms with van der Waals surface area (Å²) in [6, 6.07) is 7.25. The first-order valence-electron chi connectivity index (χ1n) is 9.71. The van der Waals surface area contributed by atoms with Gasteiger partial charge in [0, 0.05) is 31.0 Å². The molecule has 0 unspecified atom stereocenters. The molecule has 0 amide bonds. The van der Waals surface area contributed by atoms with Crippen molar-refractivity contribution in [3.63, 3.8) is 0 Å². The second-order valence-corrected chi connectivity index (χ2v) is 7.41. The summed E-state index contributed by atoms with van der Waals surface area (Å²) in [6.07, 6.45) is -0.949. The van der Waals surface area contributed by atoms with Crippen molar-refractivity contribution in [2.45, 2.75) is 12.0 Å². The number of benzene rings is 2. The van der Waals surface area contributed by atoms with E-state index in [4.69, 9.17) is 23.7 Å². The van der Waals surface area contributed by atoms with Crippen molar-refractivity contribution in [3.05, 3.63) is 41.0 Å². The minimum atomic E-state index is -0.949. The lowest BCUT2D eigenvalue weighted by Crippen LogP contribution is -2.38. The number of hydrogen-bond donors (Lipinski definition) is 3. The lowest BCUT2D eigenvalue weighted by molar-refractivity contribution is -0.00425. The summed E-state index contributed by atoms with van der Waals surface area (Å²) >= 11 is 0. The highest BCUT2D eigenvalue weighted by molar-refractivity contribution is 5.59. The van der Waals surface area contributed by atoms with E-state index in [2.05, 4.69) is 0 Å². The molecule has 162 valence electrons. The molecule has 0 radical (unpaired) electrons. The summed E-state index contributed by atoms with van der Waals surface area (Å²) in [7, 11) is 4.61. The monoisotopic (exact) mass is 418 g/mol. The molecule has 30 heavy (non-hydrogen) atoms. The molecule has 0 aromatic heterocycles. The van der Waals surface area contributed by atoms with Crippen LogP contribution in [0.15, 0.2) is 24.3 Å². The fraction of sp³-hybridized carbons (Fsp3) is 0.455. The maximum Gasteiger partial charge on any atom is 0.231 e. The number of aliphatic hydroxyl groups excluding tert-OH is 3. The van der Waals surface area contributed by atoms with E-state index in [1.807, 2.05) is 18.2 Å². The van der Waals surface area contributed by atoms with Crippen molar-refractivity contribution in [2.75, 3.05) is 41.3 Å². The number of fused-ring (bicyclic) bond motifs is 2. The molecule has 4 atom stereocenters. The highest BCUT2D eigenvalue weighted by Gasteiger charge is 2.44. The van der Waals surface area contributed by atoms with E-state index in [-0.39, 0.29) is 25.9 Å². The van der Waals surface area contributed by atoms with Gasteiger partial charge in [0.25, 0.3) is 0 Å². The summed E-state index contributed by atoms with van der Waals surface area (Å²) in [5, 5.41) is 31.2. The Kier molecular flexibility index (Phi) is 5.64. The Morgan fingerprint density at radius 1 is 0.833 bits per heavy atom. The van der Waals surface area contributed by atoms with Crippen LogP contribution in [0, 0.1) is 11.8 Å². The molecule has 0 spiro atoms. The van der Waals surface area contributed by atoms with E-state index in [1.54, 1.807) is 6.07 Å². The Morgan fingerprint density at radius 3 is 1.90 bits per heavy atom. The molecule has 2 aliphatic rings. The lowest BCUT2D eigenvalue weighted by Gasteiger charge is -2.41. The van der Waals surface area contributed by atoms with Gasteiger partial charge in [-0.05, 0) is 41.0 Å². The predicted octanol–water partition coefficient (Wildman–Crippen LogP) is 1.84. The van der Waals surface area contributed by atoms with Crippen molar-refractivity contribution in [3.8, 4) is 28.7 Å². The van der Waals surface area contributed by atoms with Crippen LogP contribution >= 0.6 is 0 Å². The molecule has 2 aromatic carbocycles. The SMILES string of the molecule is COc1cc([C@@H]2c3cc4c(cc3[C@H](O)[C@@H](CO)[C@@H]2CO)OCO4)cc(OC)c1OC. The Balaban J connectivity index is 1.95. The molecule has 0 saturated heterocycles. The van der Waals surface area contributed by atoms with Crippen LogP contribution in [0.1, 0.15) is 28.7 Å². The van der Waals surface area contributed by atoms with Crippen LogP contribution in [0.25, 0.3) is 0 Å². The minimum Gasteiger partial charge on any atom is -0.493 e. The van der Waals surface area contributed by atoms with Crippen molar-refractivity contribution in [2.24, 2.45) is 11.8 Å². The van der Waals surface area contributed by atoms with Gasteiger partial charge in [-0.1, -0.05) is 0 Å². The fourth-order valence-electron chi connectivity index (χ4n) is 4.63. The van der Waals surface area contributed by atoms with Crippen molar-refractivity contribution < 1.29 is 39.0 Å². The molecule has 2 aromatic rings. The average Bonchev–Trinajstić information content (AvgIpc) is 3.24. The van der Waals surface area contributed by atoms with E-state index in [1.165, 1.54) is 21.3 Å². The maximum atomic E-state index is 11.0. The van der Waals surface area contributed by atoms with Crippen LogP contribution in [0.3, 0.4) is 0 Å². The van der Waals surface area contributed by atoms with Gasteiger partial charge in [0.1, 0.15) is 0 Å². The Bertz CT molecular complexity index is 903. The van der Waals surface area contributed by atoms with Gasteiger partial charge in [0.15, 0.2) is 23.0 Å². The molecule has 1 heterocycles. The number of aliphatic hydroxyl groups is 3. The fourth-order valence-corrected chi connectivity index (χ4v) is 4.63. The van der Waals surface area contributed by atoms with Gasteiger partial charge in [-0.3, -0.25) is 0 Å². The third kappa shape index (κ3) is 3.12. The first-order chi connectivity index (χ1) is 14.6. The standard InChI is InChI=1S/C22H26O8/c1-26-18-4-11(5-19(27-2)22(18)28-3)20-12-6-16-17(30-10-29-16)7-13(12)21(25)15(9-24)14(20)8-23/h4-7,14-15,20-21,23-25H,8-10H2,1-3H3/t14-,15-,20+,21-/m0/s1. The first-order valence-corrected chi connectivity index (χ1v) is 9.71. The van der Waals surface area contributed by atoms with Crippen molar-refractivity contribution in [1.82, 2.24) is 0 Å². The van der Waals surface area contributed by atoms with E-state index in [0.29, 0.717) is 34.3 Å². The summed E-state index contributed by atoms with van der Waals surface area (Å²) in [5.74, 6) is 1.20. The molecule has 8 heteroatoms. The van der Waals surface area contributed by atoms with Gasteiger partial charge >= 0.3 is 0 Å². The number of hydrogen-bond acceptors (Lipinski definition) is 8. The van der Waals surface area contributed by atoms with E-state index in [9.17, 15) is 15.3 Å². The predicted molar refractivity (Wildman–Crippen MR) is 107 cm³/mol. The number of ether oxygens (including phenoxy) is 5. The molecule has 1 aliphatic carbocycles. The Morgan fingerprint density at radius 2 is 1.40 bits per heavy atom. The zero-order valence-corrected chi connectivity index (χ0v) is 17.1. The summed E-state index contributed by atoms with van der Waals surface area (Å²) in [5.41, 5.74) is 2.24. The van der Waals surface area contributed by atoms with E-state index < -0.39 is 17.9 Å². The Labute approximate surface area is 174 Å². The van der Waals surface area contributed by atoms with Gasteiger partial charge in [-0.15, -0.1) is 0 Å². The van der Waals surface area contributed by atoms with Gasteiger partial charge in [-0.25, -0.2) is 0 Å². The van der Waals surface area contributed by atoms with Crippen LogP contribution in [0.5, 0.6) is 28.7 Å². The van der Waals surface area contributed by atoms with Crippen LogP contribution in [0.4, 0.5) is 0 Å².